The number of methoxy groups -OCH3 is 1. The Balaban J connectivity index is 1.58. The van der Waals surface area contributed by atoms with Crippen LogP contribution in [0.2, 0.25) is 0 Å². The summed E-state index contributed by atoms with van der Waals surface area (Å²) < 4.78 is 53.1. The molecule has 2 saturated heterocycles. The van der Waals surface area contributed by atoms with Crippen LogP contribution in [-0.2, 0) is 23.7 Å². The van der Waals surface area contributed by atoms with E-state index in [1.807, 2.05) is 12.2 Å². The number of allylic oxidation sites excluding steroid dienone is 1. The Hall–Kier alpha value is -0.320. The Morgan fingerprint density at radius 1 is 1.21 bits per heavy atom. The van der Waals surface area contributed by atoms with Crippen molar-refractivity contribution in [3.8, 4) is 0 Å². The van der Waals surface area contributed by atoms with E-state index in [1.165, 1.54) is 7.11 Å². The largest absolute Gasteiger partial charge is 0.469 e. The van der Waals surface area contributed by atoms with E-state index in [0.717, 1.165) is 44.9 Å². The molecule has 0 amide bonds. The smallest absolute Gasteiger partial charge is 0.305 e. The second-order valence-electron chi connectivity index (χ2n) is 9.83. The van der Waals surface area contributed by atoms with E-state index in [0.29, 0.717) is 32.3 Å². The highest BCUT2D eigenvalue weighted by molar-refractivity contribution is 14.1. The molecule has 2 heterocycles. The summed E-state index contributed by atoms with van der Waals surface area (Å²) in [6, 6.07) is 0. The molecule has 0 spiro atoms. The van der Waals surface area contributed by atoms with Crippen LogP contribution in [0.15, 0.2) is 12.2 Å². The Morgan fingerprint density at radius 2 is 2.03 bits per heavy atom. The van der Waals surface area contributed by atoms with Gasteiger partial charge in [-0.1, -0.05) is 54.5 Å². The Morgan fingerprint density at radius 3 is 2.74 bits per heavy atom. The molecule has 0 aromatic heterocycles. The zero-order chi connectivity index (χ0) is 24.5. The third-order valence-electron chi connectivity index (χ3n) is 7.35. The molecule has 0 bridgehead atoms. The zero-order valence-corrected chi connectivity index (χ0v) is 22.7. The second-order valence-corrected chi connectivity index (χ2v) is 11.4. The molecule has 1 aliphatic carbocycles. The molecule has 1 saturated carbocycles. The molecule has 3 rings (SSSR count). The fraction of sp³-hybridized carbons (Fsp3) is 0.885. The van der Waals surface area contributed by atoms with Crippen molar-refractivity contribution < 1.29 is 32.5 Å². The van der Waals surface area contributed by atoms with Gasteiger partial charge in [-0.2, -0.15) is 0 Å². The number of ether oxygens (including phenoxy) is 4. The van der Waals surface area contributed by atoms with Gasteiger partial charge in [-0.05, 0) is 57.3 Å². The molecule has 196 valence electrons. The van der Waals surface area contributed by atoms with E-state index < -0.39 is 24.6 Å². The number of halogens is 3. The van der Waals surface area contributed by atoms with E-state index >= 15 is 8.78 Å². The van der Waals surface area contributed by atoms with Gasteiger partial charge >= 0.3 is 5.97 Å². The highest BCUT2D eigenvalue weighted by atomic mass is 127. The molecule has 0 radical (unpaired) electrons. The van der Waals surface area contributed by atoms with E-state index in [1.54, 1.807) is 0 Å². The van der Waals surface area contributed by atoms with Crippen molar-refractivity contribution in [1.82, 2.24) is 0 Å². The number of rotatable bonds is 13. The van der Waals surface area contributed by atoms with Gasteiger partial charge in [-0.15, -0.1) is 0 Å². The van der Waals surface area contributed by atoms with Crippen LogP contribution in [0.4, 0.5) is 8.78 Å². The van der Waals surface area contributed by atoms with Crippen LogP contribution >= 0.6 is 22.6 Å². The van der Waals surface area contributed by atoms with Crippen LogP contribution in [0, 0.1) is 11.8 Å². The molecule has 9 atom stereocenters. The summed E-state index contributed by atoms with van der Waals surface area (Å²) in [6.07, 6.45) is 8.42. The van der Waals surface area contributed by atoms with Crippen molar-refractivity contribution in [3.63, 3.8) is 0 Å². The molecule has 0 aromatic carbocycles. The van der Waals surface area contributed by atoms with Crippen LogP contribution in [0.3, 0.4) is 0 Å². The maximum atomic E-state index is 15.5. The fourth-order valence-electron chi connectivity index (χ4n) is 5.39. The van der Waals surface area contributed by atoms with Gasteiger partial charge in [0.25, 0.3) is 0 Å². The Bertz CT molecular complexity index is 645. The lowest BCUT2D eigenvalue weighted by Gasteiger charge is -2.28. The van der Waals surface area contributed by atoms with Gasteiger partial charge in [0.2, 0.25) is 0 Å². The minimum Gasteiger partial charge on any atom is -0.469 e. The minimum atomic E-state index is -1.10. The van der Waals surface area contributed by atoms with Crippen molar-refractivity contribution >= 4 is 28.6 Å². The number of alkyl halides is 3. The topological polar surface area (TPSA) is 54.0 Å². The van der Waals surface area contributed by atoms with Crippen LogP contribution in [0.1, 0.15) is 77.6 Å². The number of unbranched alkanes of at least 4 members (excludes halogenated alkanes) is 1. The predicted octanol–water partition coefficient (Wildman–Crippen LogP) is 6.26. The highest BCUT2D eigenvalue weighted by Crippen LogP contribution is 2.47. The molecule has 3 unspecified atom stereocenters. The second kappa shape index (κ2) is 14.4. The average Bonchev–Trinajstić information content (AvgIpc) is 3.40. The number of carbonyl (C=O) groups excluding carboxylic acids is 1. The minimum absolute atomic E-state index is 0.00344. The third kappa shape index (κ3) is 7.84. The van der Waals surface area contributed by atoms with E-state index in [4.69, 9.17) is 14.2 Å². The summed E-state index contributed by atoms with van der Waals surface area (Å²) in [5.74, 6) is -0.435. The summed E-state index contributed by atoms with van der Waals surface area (Å²) in [7, 11) is 1.38. The van der Waals surface area contributed by atoms with Crippen LogP contribution in [0.5, 0.6) is 0 Å². The lowest BCUT2D eigenvalue weighted by Crippen LogP contribution is -2.33. The number of carbonyl (C=O) groups is 1. The fourth-order valence-corrected chi connectivity index (χ4v) is 6.40. The van der Waals surface area contributed by atoms with Gasteiger partial charge in [0.1, 0.15) is 24.6 Å². The monoisotopic (exact) mass is 598 g/mol. The number of fused-ring (bicyclic) bond motifs is 1. The van der Waals surface area contributed by atoms with Crippen LogP contribution in [0.25, 0.3) is 0 Å². The maximum absolute atomic E-state index is 15.5. The van der Waals surface area contributed by atoms with Crippen molar-refractivity contribution in [3.05, 3.63) is 12.2 Å². The molecule has 0 aromatic rings. The summed E-state index contributed by atoms with van der Waals surface area (Å²) in [5.41, 5.74) is 0. The summed E-state index contributed by atoms with van der Waals surface area (Å²) >= 11 is 2.25. The van der Waals surface area contributed by atoms with Gasteiger partial charge in [0.05, 0.1) is 13.2 Å². The first kappa shape index (κ1) is 28.3. The summed E-state index contributed by atoms with van der Waals surface area (Å²) in [4.78, 5) is 11.4. The molecule has 0 N–H and O–H groups in total. The molecule has 3 aliphatic rings. The first-order chi connectivity index (χ1) is 16.4. The lowest BCUT2D eigenvalue weighted by molar-refractivity contribution is -0.189. The van der Waals surface area contributed by atoms with Crippen LogP contribution in [-0.4, -0.2) is 60.6 Å². The van der Waals surface area contributed by atoms with Crippen molar-refractivity contribution in [2.24, 2.45) is 11.8 Å². The maximum Gasteiger partial charge on any atom is 0.305 e. The Kier molecular flexibility index (Phi) is 12.0. The lowest BCUT2D eigenvalue weighted by atomic mass is 9.88. The molecule has 8 heteroatoms. The highest BCUT2D eigenvalue weighted by Gasteiger charge is 2.52. The average molecular weight is 599 g/mol. The van der Waals surface area contributed by atoms with Gasteiger partial charge in [0, 0.05) is 22.9 Å². The normalized spacial score (nSPS) is 34.1. The number of hydrogen-bond donors (Lipinski definition) is 0. The van der Waals surface area contributed by atoms with Gasteiger partial charge in [-0.3, -0.25) is 4.79 Å². The Labute approximate surface area is 216 Å². The molecule has 5 nitrogen and oxygen atoms in total. The SMILES string of the molecule is CCCC[C@@H](F)[C@@H](C=C[C@H]1CC[C@H]2OC(C(I)CCCC(=O)OC)[C@@H](F)[C@H]12)OC1CCCCO1. The van der Waals surface area contributed by atoms with Crippen molar-refractivity contribution in [2.45, 2.75) is 118 Å². The number of hydrogen-bond acceptors (Lipinski definition) is 5. The van der Waals surface area contributed by atoms with Gasteiger partial charge in [0.15, 0.2) is 6.29 Å². The predicted molar refractivity (Wildman–Crippen MR) is 135 cm³/mol. The van der Waals surface area contributed by atoms with Gasteiger partial charge < -0.3 is 18.9 Å². The van der Waals surface area contributed by atoms with Crippen molar-refractivity contribution in [1.29, 1.82) is 0 Å². The zero-order valence-electron chi connectivity index (χ0n) is 20.5. The first-order valence-corrected chi connectivity index (χ1v) is 14.3. The first-order valence-electron chi connectivity index (χ1n) is 13.0. The quantitative estimate of drug-likeness (QED) is 0.108. The molecular weight excluding hydrogens is 557 g/mol. The molecule has 2 aliphatic heterocycles. The van der Waals surface area contributed by atoms with E-state index in [9.17, 15) is 4.79 Å². The van der Waals surface area contributed by atoms with Gasteiger partial charge in [-0.25, -0.2) is 8.78 Å². The molecular formula is C26H41F2IO5. The molecule has 34 heavy (non-hydrogen) atoms. The van der Waals surface area contributed by atoms with Crippen LogP contribution < -0.4 is 0 Å². The standard InChI is InChI=1S/C26H41F2IO5/c1-3-4-8-18(27)20(33-23-11-5-6-16-32-23)14-12-17-13-15-21-24(17)25(28)26(34-21)19(29)9-7-10-22(30)31-2/h12,14,17-21,23-26H,3-11,13,15-16H2,1-2H3/t17-,18+,19?,20+,21+,23?,24+,25-,26?/m0/s1. The molecule has 3 fully saturated rings. The number of esters is 1. The third-order valence-corrected chi connectivity index (χ3v) is 8.68. The summed E-state index contributed by atoms with van der Waals surface area (Å²) in [6.45, 7) is 2.70. The van der Waals surface area contributed by atoms with E-state index in [-0.39, 0.29) is 34.1 Å². The summed E-state index contributed by atoms with van der Waals surface area (Å²) in [5, 5.41) is 0. The van der Waals surface area contributed by atoms with E-state index in [2.05, 4.69) is 34.3 Å². The van der Waals surface area contributed by atoms with Crippen molar-refractivity contribution in [2.75, 3.05) is 13.7 Å².